The zero-order chi connectivity index (χ0) is 54.1. The van der Waals surface area contributed by atoms with Gasteiger partial charge in [0.05, 0.1) is 11.0 Å². The Morgan fingerprint density at radius 3 is 1.65 bits per heavy atom. The van der Waals surface area contributed by atoms with Crippen LogP contribution in [0.15, 0.2) is 126 Å². The smallest absolute Gasteiger partial charge is 0.333 e. The standard InChI is InChI=1S/C74H73BN2O/c1-68(2,3)40-24-26-41(27-25-40)77-58-35-46-45-32-52-55(72(10,11)31-29-69(52,4)5)39-61(45)78-60(46)36-48(58)64-65-62(43-21-17-19-23-50(43)74(65,14)15)63-47-33-53-54(71(8,9)30-28-70(53,6)7)38-57(47)76-59-34-44-42-20-16-18-22-49(42)73(12,13)51(44)37-56(59)75(77)66(64)67(63)76/h16-27,32-39H,28-31H2,1-15H3. The average molecular weight is 1020 g/mol. The van der Waals surface area contributed by atoms with Crippen LogP contribution in [0, 0.1) is 0 Å². The van der Waals surface area contributed by atoms with E-state index in [0.717, 1.165) is 30.4 Å². The van der Waals surface area contributed by atoms with Crippen molar-refractivity contribution in [2.75, 3.05) is 4.81 Å². The minimum atomic E-state index is -0.310. The number of benzene rings is 8. The molecule has 10 aromatic rings. The Bertz CT molecular complexity index is 4420. The lowest BCUT2D eigenvalue weighted by atomic mass is 9.43. The highest BCUT2D eigenvalue weighted by Gasteiger charge is 2.52. The third-order valence-electron chi connectivity index (χ3n) is 21.6. The van der Waals surface area contributed by atoms with Gasteiger partial charge >= 0.3 is 6.85 Å². The molecule has 78 heavy (non-hydrogen) atoms. The summed E-state index contributed by atoms with van der Waals surface area (Å²) in [5, 5.41) is 5.19. The Morgan fingerprint density at radius 1 is 0.462 bits per heavy atom. The van der Waals surface area contributed by atoms with Crippen LogP contribution in [0.4, 0.5) is 11.4 Å². The SMILES string of the molecule is CC(C)(C)c1ccc(N2B3c4cc5c(cc4-n4c6cc7c(cc6c6c8c(c(c3c64)-c3cc4oc6cc9c(cc6c4cc32)C(C)(C)CCC9(C)C)C(C)(C)c2ccccc2-8)C(C)(C)CCC7(C)C)-c2ccccc2C5(C)C)cc1. The van der Waals surface area contributed by atoms with Crippen LogP contribution in [0.5, 0.6) is 0 Å². The topological polar surface area (TPSA) is 21.3 Å². The number of aromatic nitrogens is 1. The minimum Gasteiger partial charge on any atom is -0.456 e. The molecule has 2 aromatic heterocycles. The summed E-state index contributed by atoms with van der Waals surface area (Å²) >= 11 is 0. The van der Waals surface area contributed by atoms with Gasteiger partial charge in [-0.15, -0.1) is 0 Å². The molecular weight excluding hydrogens is 944 g/mol. The lowest BCUT2D eigenvalue weighted by molar-refractivity contribution is 0.332. The minimum absolute atomic E-state index is 0.00338. The third kappa shape index (κ3) is 5.73. The number of nitrogens with zero attached hydrogens (tertiary/aromatic N) is 2. The van der Waals surface area contributed by atoms with E-state index in [1.165, 1.54) is 150 Å². The first-order chi connectivity index (χ1) is 36.8. The average Bonchev–Trinajstić information content (AvgIpc) is 2.04. The van der Waals surface area contributed by atoms with E-state index in [2.05, 4.69) is 235 Å². The van der Waals surface area contributed by atoms with E-state index in [1.807, 2.05) is 0 Å². The van der Waals surface area contributed by atoms with E-state index in [0.29, 0.717) is 0 Å². The van der Waals surface area contributed by atoms with E-state index >= 15 is 0 Å². The van der Waals surface area contributed by atoms with E-state index in [4.69, 9.17) is 4.42 Å². The normalized spacial score (nSPS) is 19.6. The second-order valence-corrected chi connectivity index (χ2v) is 29.8. The summed E-state index contributed by atoms with van der Waals surface area (Å²) in [6.07, 6.45) is 4.66. The van der Waals surface area contributed by atoms with E-state index in [1.54, 1.807) is 0 Å². The van der Waals surface area contributed by atoms with Crippen LogP contribution >= 0.6 is 0 Å². The van der Waals surface area contributed by atoms with Gasteiger partial charge in [-0.25, -0.2) is 0 Å². The van der Waals surface area contributed by atoms with Crippen molar-refractivity contribution < 1.29 is 4.42 Å². The van der Waals surface area contributed by atoms with Crippen molar-refractivity contribution in [3.05, 3.63) is 171 Å². The fraction of sp³-hybridized carbons (Fsp3) is 0.351. The van der Waals surface area contributed by atoms with E-state index < -0.39 is 0 Å². The van der Waals surface area contributed by atoms with Gasteiger partial charge in [0.2, 0.25) is 0 Å². The second-order valence-electron chi connectivity index (χ2n) is 29.8. The van der Waals surface area contributed by atoms with Crippen LogP contribution in [-0.2, 0) is 37.9 Å². The zero-order valence-corrected chi connectivity index (χ0v) is 48.8. The van der Waals surface area contributed by atoms with Crippen LogP contribution in [-0.4, -0.2) is 11.4 Å². The zero-order valence-electron chi connectivity index (χ0n) is 48.8. The molecule has 0 fully saturated rings. The number of rotatable bonds is 1. The molecule has 16 rings (SSSR count). The first-order valence-corrected chi connectivity index (χ1v) is 29.4. The van der Waals surface area contributed by atoms with Crippen LogP contribution in [0.3, 0.4) is 0 Å². The van der Waals surface area contributed by atoms with E-state index in [9.17, 15) is 0 Å². The maximum absolute atomic E-state index is 7.32. The first-order valence-electron chi connectivity index (χ1n) is 29.4. The van der Waals surface area contributed by atoms with Gasteiger partial charge in [0.25, 0.3) is 0 Å². The first kappa shape index (κ1) is 47.2. The highest BCUT2D eigenvalue weighted by atomic mass is 16.3. The predicted octanol–water partition coefficient (Wildman–Crippen LogP) is 18.5. The van der Waals surface area contributed by atoms with Gasteiger partial charge in [0, 0.05) is 55.0 Å². The van der Waals surface area contributed by atoms with Gasteiger partial charge < -0.3 is 13.8 Å². The molecular formula is C74H73BN2O. The number of hydrogen-bond acceptors (Lipinski definition) is 2. The monoisotopic (exact) mass is 1020 g/mol. The summed E-state index contributed by atoms with van der Waals surface area (Å²) in [6, 6.07) is 49.0. The molecule has 0 radical (unpaired) electrons. The Labute approximate surface area is 462 Å². The van der Waals surface area contributed by atoms with Crippen molar-refractivity contribution in [1.29, 1.82) is 0 Å². The van der Waals surface area contributed by atoms with E-state index in [-0.39, 0.29) is 44.8 Å². The van der Waals surface area contributed by atoms with Crippen molar-refractivity contribution in [2.24, 2.45) is 0 Å². The fourth-order valence-corrected chi connectivity index (χ4v) is 16.8. The summed E-state index contributed by atoms with van der Waals surface area (Å²) < 4.78 is 10.1. The molecule has 0 saturated heterocycles. The molecule has 388 valence electrons. The molecule has 0 atom stereocenters. The third-order valence-corrected chi connectivity index (χ3v) is 21.6. The Kier molecular flexibility index (Phi) is 8.68. The van der Waals surface area contributed by atoms with Gasteiger partial charge in [-0.3, -0.25) is 0 Å². The van der Waals surface area contributed by atoms with Gasteiger partial charge in [0.15, 0.2) is 0 Å². The van der Waals surface area contributed by atoms with Crippen LogP contribution < -0.4 is 15.7 Å². The summed E-state index contributed by atoms with van der Waals surface area (Å²) in [6.45, 7) is 36.6. The number of furan rings is 1. The maximum Gasteiger partial charge on any atom is 0.333 e. The number of fused-ring (bicyclic) bond motifs is 21. The molecule has 4 heteroatoms. The molecule has 0 saturated carbocycles. The van der Waals surface area contributed by atoms with Gasteiger partial charge in [-0.05, 0) is 196 Å². The van der Waals surface area contributed by atoms with Crippen molar-refractivity contribution in [3.63, 3.8) is 0 Å². The molecule has 8 aromatic carbocycles. The number of hydrogen-bond donors (Lipinski definition) is 0. The molecule has 0 N–H and O–H groups in total. The van der Waals surface area contributed by atoms with Gasteiger partial charge in [-0.1, -0.05) is 171 Å². The molecule has 4 aliphatic carbocycles. The van der Waals surface area contributed by atoms with Crippen molar-refractivity contribution >= 4 is 72.9 Å². The molecule has 6 aliphatic rings. The quantitative estimate of drug-likeness (QED) is 0.153. The highest BCUT2D eigenvalue weighted by Crippen LogP contribution is 2.61. The van der Waals surface area contributed by atoms with Crippen LogP contribution in [0.2, 0.25) is 0 Å². The maximum atomic E-state index is 7.32. The van der Waals surface area contributed by atoms with Crippen molar-refractivity contribution in [1.82, 2.24) is 4.57 Å². The Hall–Kier alpha value is -6.78. The molecule has 0 spiro atoms. The van der Waals surface area contributed by atoms with Crippen molar-refractivity contribution in [2.45, 2.75) is 167 Å². The molecule has 0 unspecified atom stereocenters. The predicted molar refractivity (Wildman–Crippen MR) is 331 cm³/mol. The summed E-state index contributed by atoms with van der Waals surface area (Å²) in [5.74, 6) is 0. The van der Waals surface area contributed by atoms with Crippen LogP contribution in [0.1, 0.15) is 180 Å². The van der Waals surface area contributed by atoms with Gasteiger partial charge in [0.1, 0.15) is 11.2 Å². The number of anilines is 2. The highest BCUT2D eigenvalue weighted by molar-refractivity contribution is 6.94. The summed E-state index contributed by atoms with van der Waals surface area (Å²) in [4.78, 5) is 2.79. The molecule has 0 bridgehead atoms. The van der Waals surface area contributed by atoms with Crippen LogP contribution in [0.25, 0.3) is 82.8 Å². The lowest BCUT2D eigenvalue weighted by Gasteiger charge is -2.44. The molecule has 3 nitrogen and oxygen atoms in total. The molecule has 4 heterocycles. The second kappa shape index (κ2) is 14.3. The lowest BCUT2D eigenvalue weighted by Crippen LogP contribution is -2.61. The Morgan fingerprint density at radius 2 is 1.01 bits per heavy atom. The van der Waals surface area contributed by atoms with Crippen molar-refractivity contribution in [3.8, 4) is 39.1 Å². The van der Waals surface area contributed by atoms with Gasteiger partial charge in [-0.2, -0.15) is 0 Å². The molecule has 0 amide bonds. The summed E-state index contributed by atoms with van der Waals surface area (Å²) in [7, 11) is 0. The molecule has 2 aliphatic heterocycles. The summed E-state index contributed by atoms with van der Waals surface area (Å²) in [5.41, 5.74) is 31.9. The Balaban J connectivity index is 1.13. The fourth-order valence-electron chi connectivity index (χ4n) is 16.8. The largest absolute Gasteiger partial charge is 0.456 e.